The molecular weight excluding hydrogens is 619 g/mol. The van der Waals surface area contributed by atoms with Gasteiger partial charge in [0.25, 0.3) is 0 Å². The normalized spacial score (nSPS) is 25.5. The van der Waals surface area contributed by atoms with E-state index in [1.165, 1.54) is 6.07 Å². The molecule has 47 heavy (non-hydrogen) atoms. The number of quaternary nitrogens is 1. The summed E-state index contributed by atoms with van der Waals surface area (Å²) in [5.41, 5.74) is 6.91. The molecule has 1 amide bonds. The zero-order chi connectivity index (χ0) is 32.6. The second kappa shape index (κ2) is 13.4. The summed E-state index contributed by atoms with van der Waals surface area (Å²) in [4.78, 5) is 17.8. The molecule has 2 saturated heterocycles. The van der Waals surface area contributed by atoms with E-state index in [1.54, 1.807) is 25.2 Å². The average Bonchev–Trinajstić information content (AvgIpc) is 3.63. The molecule has 2 saturated carbocycles. The van der Waals surface area contributed by atoms with Crippen LogP contribution in [0.1, 0.15) is 50.5 Å². The summed E-state index contributed by atoms with van der Waals surface area (Å²) < 4.78 is 46.1. The number of amides is 1. The van der Waals surface area contributed by atoms with Crippen LogP contribution in [0.25, 0.3) is 0 Å². The highest BCUT2D eigenvalue weighted by Crippen LogP contribution is 2.52. The van der Waals surface area contributed by atoms with Crippen LogP contribution < -0.4 is 21.2 Å². The first-order valence-electron chi connectivity index (χ1n) is 17.2. The average molecular weight is 668 g/mol. The van der Waals surface area contributed by atoms with Crippen LogP contribution in [0, 0.1) is 23.6 Å². The number of anilines is 1. The summed E-state index contributed by atoms with van der Waals surface area (Å²) >= 11 is 0. The molecule has 254 valence electrons. The van der Waals surface area contributed by atoms with E-state index in [9.17, 15) is 17.6 Å². The van der Waals surface area contributed by atoms with Crippen LogP contribution in [-0.4, -0.2) is 82.1 Å². The van der Waals surface area contributed by atoms with Crippen molar-refractivity contribution in [2.24, 2.45) is 17.8 Å². The highest BCUT2D eigenvalue weighted by Gasteiger charge is 2.54. The molecular formula is C35H48FN6O4S+. The lowest BCUT2D eigenvalue weighted by Gasteiger charge is -2.51. The van der Waals surface area contributed by atoms with Crippen molar-refractivity contribution in [3.63, 3.8) is 0 Å². The van der Waals surface area contributed by atoms with E-state index in [1.807, 2.05) is 36.0 Å². The minimum atomic E-state index is -3.16. The molecule has 3 aliphatic heterocycles. The molecule has 0 aromatic heterocycles. The largest absolute Gasteiger partial charge is 0.446 e. The number of hydrazine groups is 1. The van der Waals surface area contributed by atoms with Crippen molar-refractivity contribution < 1.29 is 27.8 Å². The number of nitrogens with one attached hydrogen (secondary N) is 2. The summed E-state index contributed by atoms with van der Waals surface area (Å²) in [6.07, 6.45) is 9.58. The van der Waals surface area contributed by atoms with E-state index in [2.05, 4.69) is 31.7 Å². The Labute approximate surface area is 277 Å². The van der Waals surface area contributed by atoms with Crippen molar-refractivity contribution in [2.45, 2.75) is 66.6 Å². The standard InChI is InChI=1S/C35H47FN6O4S/c1-37-34(43)46-33-7-3-6-32(33)35(24-42-19-16-38-39-42,27-4-2-5-28(36)20-27)26-14-17-40(18-15-26)21-25-22-41(23-25)29-8-10-30(11-9-29)47(44,45)31-12-13-31/h2,4-5,8-11,16,19-20,25-26,31-33,38-39H,3,6-7,12-15,17-18,21-24H2,1H3,(H,37,43)/p+1/t32-,33-,35?/m0/s1. The van der Waals surface area contributed by atoms with E-state index in [-0.39, 0.29) is 29.0 Å². The van der Waals surface area contributed by atoms with Gasteiger partial charge in [-0.15, -0.1) is 0 Å². The van der Waals surface area contributed by atoms with Crippen LogP contribution in [0.5, 0.6) is 0 Å². The van der Waals surface area contributed by atoms with Gasteiger partial charge in [0.1, 0.15) is 18.1 Å². The smallest absolute Gasteiger partial charge is 0.407 e. The zero-order valence-electron chi connectivity index (χ0n) is 27.2. The highest BCUT2D eigenvalue weighted by atomic mass is 32.2. The first-order valence-corrected chi connectivity index (χ1v) is 18.8. The third-order valence-corrected chi connectivity index (χ3v) is 13.5. The Bertz CT molecular complexity index is 1560. The van der Waals surface area contributed by atoms with Gasteiger partial charge in [0.15, 0.2) is 9.84 Å². The molecule has 7 rings (SSSR count). The van der Waals surface area contributed by atoms with Crippen molar-refractivity contribution in [1.82, 2.24) is 20.8 Å². The number of ether oxygens (including phenoxy) is 1. The Hall–Kier alpha value is -3.19. The van der Waals surface area contributed by atoms with Gasteiger partial charge >= 0.3 is 6.09 Å². The molecule has 5 aliphatic rings. The van der Waals surface area contributed by atoms with Gasteiger partial charge in [0.2, 0.25) is 0 Å². The van der Waals surface area contributed by atoms with Gasteiger partial charge in [-0.1, -0.05) is 17.7 Å². The van der Waals surface area contributed by atoms with E-state index in [4.69, 9.17) is 4.74 Å². The lowest BCUT2D eigenvalue weighted by Crippen LogP contribution is -2.88. The van der Waals surface area contributed by atoms with Crippen LogP contribution in [0.15, 0.2) is 65.8 Å². The monoisotopic (exact) mass is 667 g/mol. The van der Waals surface area contributed by atoms with E-state index in [0.29, 0.717) is 17.4 Å². The SMILES string of the molecule is CNC(=O)O[C@H]1CCC[C@@H]1C(CN1C=C[NH2+]N1)(c1cccc(F)c1)C1CCN(CC2CN(c3ccc(S(=O)(=O)C4CC4)cc3)C2)CC1. The second-order valence-electron chi connectivity index (χ2n) is 14.1. The van der Waals surface area contributed by atoms with Crippen molar-refractivity contribution in [2.75, 3.05) is 51.2 Å². The Kier molecular flexibility index (Phi) is 9.21. The molecule has 3 atom stereocenters. The third kappa shape index (κ3) is 6.62. The summed E-state index contributed by atoms with van der Waals surface area (Å²) in [6, 6.07) is 14.6. The fourth-order valence-electron chi connectivity index (χ4n) is 8.74. The maximum Gasteiger partial charge on any atom is 0.407 e. The molecule has 0 bridgehead atoms. The van der Waals surface area contributed by atoms with Gasteiger partial charge < -0.3 is 19.9 Å². The van der Waals surface area contributed by atoms with E-state index < -0.39 is 21.3 Å². The second-order valence-corrected chi connectivity index (χ2v) is 16.4. The molecule has 2 aromatic rings. The van der Waals surface area contributed by atoms with Crippen LogP contribution in [-0.2, 0) is 20.0 Å². The highest BCUT2D eigenvalue weighted by molar-refractivity contribution is 7.92. The number of hydrogen-bond acceptors (Lipinski definition) is 8. The van der Waals surface area contributed by atoms with Gasteiger partial charge in [0, 0.05) is 56.2 Å². The van der Waals surface area contributed by atoms with Crippen LogP contribution >= 0.6 is 0 Å². The maximum absolute atomic E-state index is 15.0. The fraction of sp³-hybridized carbons (Fsp3) is 0.571. The minimum Gasteiger partial charge on any atom is -0.446 e. The molecule has 1 unspecified atom stereocenters. The predicted molar refractivity (Wildman–Crippen MR) is 177 cm³/mol. The molecule has 2 aliphatic carbocycles. The van der Waals surface area contributed by atoms with Gasteiger partial charge in [-0.3, -0.25) is 5.01 Å². The quantitative estimate of drug-likeness (QED) is 0.314. The van der Waals surface area contributed by atoms with Crippen LogP contribution in [0.2, 0.25) is 0 Å². The topological polar surface area (TPSA) is 111 Å². The molecule has 4 fully saturated rings. The van der Waals surface area contributed by atoms with Gasteiger partial charge in [0.05, 0.1) is 16.3 Å². The number of halogens is 1. The van der Waals surface area contributed by atoms with Crippen molar-refractivity contribution in [3.8, 4) is 0 Å². The summed E-state index contributed by atoms with van der Waals surface area (Å²) in [5.74, 6) is 0.652. The molecule has 10 nitrogen and oxygen atoms in total. The molecule has 3 heterocycles. The maximum atomic E-state index is 15.0. The number of hydrogen-bond donors (Lipinski definition) is 3. The van der Waals surface area contributed by atoms with Crippen LogP contribution in [0.4, 0.5) is 14.9 Å². The Balaban J connectivity index is 1.04. The number of sulfone groups is 1. The lowest BCUT2D eigenvalue weighted by molar-refractivity contribution is -0.661. The van der Waals surface area contributed by atoms with E-state index in [0.717, 1.165) is 88.9 Å². The molecule has 2 aromatic carbocycles. The Morgan fingerprint density at radius 1 is 1.06 bits per heavy atom. The Morgan fingerprint density at radius 2 is 1.83 bits per heavy atom. The lowest BCUT2D eigenvalue weighted by atomic mass is 9.58. The molecule has 0 radical (unpaired) electrons. The van der Waals surface area contributed by atoms with Gasteiger partial charge in [-0.25, -0.2) is 23.0 Å². The first kappa shape index (κ1) is 32.4. The minimum absolute atomic E-state index is 0.0554. The summed E-state index contributed by atoms with van der Waals surface area (Å²) in [7, 11) is -1.57. The first-order chi connectivity index (χ1) is 22.8. The number of piperidine rings is 1. The predicted octanol–water partition coefficient (Wildman–Crippen LogP) is 3.14. The number of nitrogens with zero attached hydrogens (tertiary/aromatic N) is 3. The van der Waals surface area contributed by atoms with Gasteiger partial charge in [-0.05, 0) is 106 Å². The molecule has 4 N–H and O–H groups in total. The van der Waals surface area contributed by atoms with Gasteiger partial charge in [-0.2, -0.15) is 0 Å². The number of nitrogens with two attached hydrogens (primary N) is 1. The number of benzene rings is 2. The van der Waals surface area contributed by atoms with Crippen molar-refractivity contribution >= 4 is 21.6 Å². The van der Waals surface area contributed by atoms with Crippen LogP contribution in [0.3, 0.4) is 0 Å². The number of alkyl carbamates (subject to hydrolysis) is 1. The number of carbonyl (C=O) groups is 1. The zero-order valence-corrected chi connectivity index (χ0v) is 28.0. The fourth-order valence-corrected chi connectivity index (χ4v) is 10.4. The van der Waals surface area contributed by atoms with Crippen molar-refractivity contribution in [1.29, 1.82) is 0 Å². The third-order valence-electron chi connectivity index (χ3n) is 11.3. The Morgan fingerprint density at radius 3 is 2.49 bits per heavy atom. The number of carbonyl (C=O) groups excluding carboxylic acids is 1. The summed E-state index contributed by atoms with van der Waals surface area (Å²) in [6.45, 7) is 5.55. The van der Waals surface area contributed by atoms with E-state index >= 15 is 0 Å². The number of rotatable bonds is 11. The van der Waals surface area contributed by atoms with Crippen molar-refractivity contribution in [3.05, 3.63) is 72.3 Å². The summed E-state index contributed by atoms with van der Waals surface area (Å²) in [5, 5.41) is 4.55. The number of likely N-dealkylation sites (tertiary alicyclic amines) is 1. The molecule has 0 spiro atoms. The molecule has 12 heteroatoms.